The normalized spacial score (nSPS) is 23.1. The molecule has 120 valence electrons. The third-order valence-electron chi connectivity index (χ3n) is 4.19. The molecule has 0 saturated carbocycles. The maximum Gasteiger partial charge on any atom is 0.416 e. The Labute approximate surface area is 129 Å². The Kier molecular flexibility index (Phi) is 5.69. The van der Waals surface area contributed by atoms with Gasteiger partial charge in [0.2, 0.25) is 0 Å². The molecular weight excluding hydrogens is 301 g/mol. The minimum Gasteiger partial charge on any atom is -0.330 e. The second-order valence-electron chi connectivity index (χ2n) is 6.11. The van der Waals surface area contributed by atoms with Crippen molar-refractivity contribution in [3.05, 3.63) is 34.9 Å². The summed E-state index contributed by atoms with van der Waals surface area (Å²) in [5, 5.41) is 0. The van der Waals surface area contributed by atoms with Gasteiger partial charge in [-0.1, -0.05) is 13.0 Å². The van der Waals surface area contributed by atoms with E-state index in [1.807, 2.05) is 0 Å². The predicted octanol–water partition coefficient (Wildman–Crippen LogP) is 3.61. The van der Waals surface area contributed by atoms with E-state index >= 15 is 0 Å². The van der Waals surface area contributed by atoms with Gasteiger partial charge in [0.1, 0.15) is 0 Å². The Hall–Kier alpha value is -0.780. The second-order valence-corrected chi connectivity index (χ2v) is 6.11. The summed E-state index contributed by atoms with van der Waals surface area (Å²) >= 11 is 0. The van der Waals surface area contributed by atoms with E-state index in [0.717, 1.165) is 25.1 Å². The maximum absolute atomic E-state index is 12.6. The molecule has 1 heterocycles. The van der Waals surface area contributed by atoms with E-state index in [1.54, 1.807) is 13.0 Å². The van der Waals surface area contributed by atoms with Crippen LogP contribution in [0.3, 0.4) is 0 Å². The molecular formula is C15H22ClF3N2. The molecule has 0 spiro atoms. The number of nitrogens with zero attached hydrogens (tertiary/aromatic N) is 1. The minimum atomic E-state index is -4.27. The van der Waals surface area contributed by atoms with E-state index in [9.17, 15) is 13.2 Å². The summed E-state index contributed by atoms with van der Waals surface area (Å²) < 4.78 is 37.9. The largest absolute Gasteiger partial charge is 0.416 e. The van der Waals surface area contributed by atoms with Crippen molar-refractivity contribution in [2.45, 2.75) is 33.0 Å². The fourth-order valence-corrected chi connectivity index (χ4v) is 2.72. The fraction of sp³-hybridized carbons (Fsp3) is 0.600. The van der Waals surface area contributed by atoms with Crippen LogP contribution in [0.2, 0.25) is 0 Å². The topological polar surface area (TPSA) is 29.3 Å². The first-order valence-corrected chi connectivity index (χ1v) is 6.83. The van der Waals surface area contributed by atoms with Crippen molar-refractivity contribution in [1.29, 1.82) is 0 Å². The van der Waals surface area contributed by atoms with E-state index in [0.29, 0.717) is 18.7 Å². The third kappa shape index (κ3) is 4.34. The van der Waals surface area contributed by atoms with Gasteiger partial charge in [0.05, 0.1) is 5.56 Å². The van der Waals surface area contributed by atoms with Crippen LogP contribution in [0.15, 0.2) is 18.2 Å². The van der Waals surface area contributed by atoms with Crippen LogP contribution in [0.4, 0.5) is 13.2 Å². The quantitative estimate of drug-likeness (QED) is 0.921. The monoisotopic (exact) mass is 322 g/mol. The molecule has 0 radical (unpaired) electrons. The van der Waals surface area contributed by atoms with Gasteiger partial charge >= 0.3 is 6.18 Å². The molecule has 2 N–H and O–H groups in total. The highest BCUT2D eigenvalue weighted by Crippen LogP contribution is 2.32. The lowest BCUT2D eigenvalue weighted by molar-refractivity contribution is -0.137. The highest BCUT2D eigenvalue weighted by Gasteiger charge is 2.33. The van der Waals surface area contributed by atoms with Gasteiger partial charge in [-0.3, -0.25) is 4.90 Å². The summed E-state index contributed by atoms with van der Waals surface area (Å²) in [4.78, 5) is 2.27. The molecule has 0 aliphatic carbocycles. The van der Waals surface area contributed by atoms with Gasteiger partial charge < -0.3 is 5.73 Å². The fourth-order valence-electron chi connectivity index (χ4n) is 2.72. The van der Waals surface area contributed by atoms with Crippen molar-refractivity contribution in [3.8, 4) is 0 Å². The first-order valence-electron chi connectivity index (χ1n) is 6.83. The maximum atomic E-state index is 12.6. The van der Waals surface area contributed by atoms with Crippen LogP contribution >= 0.6 is 12.4 Å². The van der Waals surface area contributed by atoms with Crippen LogP contribution < -0.4 is 5.73 Å². The van der Waals surface area contributed by atoms with E-state index in [-0.39, 0.29) is 17.8 Å². The highest BCUT2D eigenvalue weighted by atomic mass is 35.5. The van der Waals surface area contributed by atoms with Gasteiger partial charge in [0.15, 0.2) is 0 Å². The number of rotatable bonds is 3. The number of hydrogen-bond donors (Lipinski definition) is 1. The molecule has 0 amide bonds. The average molecular weight is 323 g/mol. The Morgan fingerprint density at radius 3 is 2.48 bits per heavy atom. The van der Waals surface area contributed by atoms with Crippen molar-refractivity contribution in [2.75, 3.05) is 19.6 Å². The number of likely N-dealkylation sites (tertiary alicyclic amines) is 1. The smallest absolute Gasteiger partial charge is 0.330 e. The van der Waals surface area contributed by atoms with Crippen molar-refractivity contribution in [1.82, 2.24) is 4.90 Å². The van der Waals surface area contributed by atoms with Crippen LogP contribution in [-0.2, 0) is 12.7 Å². The lowest BCUT2D eigenvalue weighted by atomic mass is 9.90. The SMILES string of the molecule is Cc1cc(C(F)(F)F)ccc1CN1CCC(C)(CN)C1.Cl. The van der Waals surface area contributed by atoms with Crippen LogP contribution in [0, 0.1) is 12.3 Å². The van der Waals surface area contributed by atoms with E-state index in [4.69, 9.17) is 5.73 Å². The van der Waals surface area contributed by atoms with Gasteiger partial charge in [0, 0.05) is 13.1 Å². The molecule has 0 bridgehead atoms. The molecule has 2 rings (SSSR count). The molecule has 1 unspecified atom stereocenters. The minimum absolute atomic E-state index is 0. The summed E-state index contributed by atoms with van der Waals surface area (Å²) in [6.45, 7) is 7.10. The summed E-state index contributed by atoms with van der Waals surface area (Å²) in [5.41, 5.74) is 6.98. The highest BCUT2D eigenvalue weighted by molar-refractivity contribution is 5.85. The first-order chi connectivity index (χ1) is 9.23. The summed E-state index contributed by atoms with van der Waals surface area (Å²) in [5.74, 6) is 0. The lowest BCUT2D eigenvalue weighted by Crippen LogP contribution is -2.31. The van der Waals surface area contributed by atoms with Gasteiger partial charge in [0.25, 0.3) is 0 Å². The summed E-state index contributed by atoms with van der Waals surface area (Å²) in [6.07, 6.45) is -3.22. The number of benzene rings is 1. The number of hydrogen-bond acceptors (Lipinski definition) is 2. The Morgan fingerprint density at radius 1 is 1.33 bits per heavy atom. The number of nitrogens with two attached hydrogens (primary N) is 1. The molecule has 1 aromatic carbocycles. The van der Waals surface area contributed by atoms with Crippen molar-refractivity contribution in [3.63, 3.8) is 0 Å². The zero-order valence-electron chi connectivity index (χ0n) is 12.3. The summed E-state index contributed by atoms with van der Waals surface area (Å²) in [6, 6.07) is 3.99. The number of aryl methyl sites for hydroxylation is 1. The van der Waals surface area contributed by atoms with Crippen molar-refractivity contribution >= 4 is 12.4 Å². The van der Waals surface area contributed by atoms with Crippen molar-refractivity contribution < 1.29 is 13.2 Å². The van der Waals surface area contributed by atoms with Gasteiger partial charge in [-0.15, -0.1) is 12.4 Å². The van der Waals surface area contributed by atoms with Crippen molar-refractivity contribution in [2.24, 2.45) is 11.1 Å². The number of alkyl halides is 3. The Bertz CT molecular complexity index is 490. The van der Waals surface area contributed by atoms with Crippen LogP contribution in [0.5, 0.6) is 0 Å². The van der Waals surface area contributed by atoms with Crippen LogP contribution in [0.1, 0.15) is 30.0 Å². The third-order valence-corrected chi connectivity index (χ3v) is 4.19. The van der Waals surface area contributed by atoms with Crippen LogP contribution in [-0.4, -0.2) is 24.5 Å². The lowest BCUT2D eigenvalue weighted by Gasteiger charge is -2.23. The zero-order valence-corrected chi connectivity index (χ0v) is 13.2. The molecule has 21 heavy (non-hydrogen) atoms. The van der Waals surface area contributed by atoms with Gasteiger partial charge in [-0.2, -0.15) is 13.2 Å². The second kappa shape index (κ2) is 6.55. The molecule has 1 atom stereocenters. The summed E-state index contributed by atoms with van der Waals surface area (Å²) in [7, 11) is 0. The van der Waals surface area contributed by atoms with Gasteiger partial charge in [-0.05, 0) is 55.1 Å². The molecule has 1 saturated heterocycles. The number of halogens is 4. The van der Waals surface area contributed by atoms with E-state index in [2.05, 4.69) is 11.8 Å². The average Bonchev–Trinajstić information content (AvgIpc) is 2.73. The molecule has 2 nitrogen and oxygen atoms in total. The van der Waals surface area contributed by atoms with E-state index in [1.165, 1.54) is 12.1 Å². The predicted molar refractivity (Wildman–Crippen MR) is 80.5 cm³/mol. The molecule has 6 heteroatoms. The molecule has 1 aliphatic rings. The molecule has 1 aliphatic heterocycles. The van der Waals surface area contributed by atoms with Crippen LogP contribution in [0.25, 0.3) is 0 Å². The molecule has 1 fully saturated rings. The molecule has 0 aromatic heterocycles. The first kappa shape index (κ1) is 18.3. The zero-order chi connectivity index (χ0) is 15.0. The Balaban J connectivity index is 0.00000220. The van der Waals surface area contributed by atoms with E-state index < -0.39 is 11.7 Å². The Morgan fingerprint density at radius 2 is 2.00 bits per heavy atom. The standard InChI is InChI=1S/C15H21F3N2.ClH/c1-11-7-13(15(16,17)18)4-3-12(11)8-20-6-5-14(2,9-19)10-20;/h3-4,7H,5-6,8-10,19H2,1-2H3;1H. The molecule has 1 aromatic rings. The van der Waals surface area contributed by atoms with Gasteiger partial charge in [-0.25, -0.2) is 0 Å².